The summed E-state index contributed by atoms with van der Waals surface area (Å²) in [5.74, 6) is -0.0971. The van der Waals surface area contributed by atoms with Crippen molar-refractivity contribution in [3.8, 4) is 0 Å². The van der Waals surface area contributed by atoms with E-state index in [9.17, 15) is 4.79 Å². The van der Waals surface area contributed by atoms with Crippen molar-refractivity contribution < 1.29 is 4.79 Å². The second-order valence-electron chi connectivity index (χ2n) is 5.60. The van der Waals surface area contributed by atoms with Crippen LogP contribution < -0.4 is 4.90 Å². The molecule has 0 atom stereocenters. The minimum absolute atomic E-state index is 0.0971. The summed E-state index contributed by atoms with van der Waals surface area (Å²) in [6.45, 7) is 0. The molecule has 0 bridgehead atoms. The van der Waals surface area contributed by atoms with Gasteiger partial charge in [-0.05, 0) is 42.0 Å². The third-order valence-electron chi connectivity index (χ3n) is 3.93. The number of halogens is 1. The van der Waals surface area contributed by atoms with Crippen LogP contribution in [0.25, 0.3) is 6.08 Å². The molecule has 3 aromatic rings. The third-order valence-corrected chi connectivity index (χ3v) is 5.29. The predicted molar refractivity (Wildman–Crippen MR) is 105 cm³/mol. The normalized spacial score (nSPS) is 12.8. The van der Waals surface area contributed by atoms with Gasteiger partial charge in [0, 0.05) is 20.9 Å². The van der Waals surface area contributed by atoms with Gasteiger partial charge in [-0.2, -0.15) is 0 Å². The highest BCUT2D eigenvalue weighted by Crippen LogP contribution is 2.48. The van der Waals surface area contributed by atoms with Crippen LogP contribution in [-0.2, 0) is 4.79 Å². The topological polar surface area (TPSA) is 20.3 Å². The molecule has 1 heterocycles. The van der Waals surface area contributed by atoms with Crippen LogP contribution in [0.5, 0.6) is 0 Å². The molecule has 1 aliphatic rings. The van der Waals surface area contributed by atoms with Gasteiger partial charge in [0.2, 0.25) is 0 Å². The number of amides is 1. The fraction of sp³-hybridized carbons (Fsp3) is 0. The van der Waals surface area contributed by atoms with Crippen molar-refractivity contribution in [3.63, 3.8) is 0 Å². The Morgan fingerprint density at radius 3 is 2.44 bits per heavy atom. The Morgan fingerprint density at radius 1 is 0.880 bits per heavy atom. The number of carbonyl (C=O) groups excluding carboxylic acids is 1. The second-order valence-corrected chi connectivity index (χ2v) is 7.12. The number of anilines is 2. The van der Waals surface area contributed by atoms with Gasteiger partial charge in [0.05, 0.1) is 11.4 Å². The fourth-order valence-corrected chi connectivity index (χ4v) is 3.98. The number of hydrogen-bond donors (Lipinski definition) is 0. The van der Waals surface area contributed by atoms with Crippen LogP contribution in [0.1, 0.15) is 5.56 Å². The molecule has 0 saturated heterocycles. The van der Waals surface area contributed by atoms with Crippen molar-refractivity contribution in [2.24, 2.45) is 0 Å². The first-order chi connectivity index (χ1) is 12.2. The van der Waals surface area contributed by atoms with Crippen molar-refractivity contribution in [1.82, 2.24) is 0 Å². The Bertz CT molecular complexity index is 969. The molecule has 2 nitrogen and oxygen atoms in total. The summed E-state index contributed by atoms with van der Waals surface area (Å²) in [5.41, 5.74) is 2.69. The molecule has 0 fully saturated rings. The molecule has 0 unspecified atom stereocenters. The minimum atomic E-state index is -0.0971. The van der Waals surface area contributed by atoms with Gasteiger partial charge >= 0.3 is 0 Å². The van der Waals surface area contributed by atoms with Crippen LogP contribution in [0.15, 0.2) is 88.7 Å². The maximum atomic E-state index is 13.0. The summed E-state index contributed by atoms with van der Waals surface area (Å²) < 4.78 is 0. The van der Waals surface area contributed by atoms with Crippen molar-refractivity contribution in [2.45, 2.75) is 9.79 Å². The average Bonchev–Trinajstić information content (AvgIpc) is 2.65. The van der Waals surface area contributed by atoms with E-state index in [4.69, 9.17) is 11.6 Å². The summed E-state index contributed by atoms with van der Waals surface area (Å²) in [6, 6.07) is 23.3. The Balaban J connectivity index is 1.77. The highest BCUT2D eigenvalue weighted by molar-refractivity contribution is 7.99. The molecular formula is C21H14ClNOS. The first-order valence-electron chi connectivity index (χ1n) is 7.86. The minimum Gasteiger partial charge on any atom is -0.275 e. The number of para-hydroxylation sites is 1. The van der Waals surface area contributed by atoms with E-state index >= 15 is 0 Å². The van der Waals surface area contributed by atoms with Gasteiger partial charge in [-0.3, -0.25) is 9.69 Å². The zero-order valence-corrected chi connectivity index (χ0v) is 14.8. The van der Waals surface area contributed by atoms with E-state index in [0.717, 1.165) is 26.7 Å². The van der Waals surface area contributed by atoms with E-state index in [2.05, 4.69) is 0 Å². The van der Waals surface area contributed by atoms with Gasteiger partial charge < -0.3 is 0 Å². The summed E-state index contributed by atoms with van der Waals surface area (Å²) >= 11 is 7.83. The quantitative estimate of drug-likeness (QED) is 0.506. The Kier molecular flexibility index (Phi) is 4.35. The zero-order valence-electron chi connectivity index (χ0n) is 13.2. The Labute approximate surface area is 155 Å². The molecule has 1 aliphatic heterocycles. The first-order valence-corrected chi connectivity index (χ1v) is 9.05. The van der Waals surface area contributed by atoms with E-state index in [1.54, 1.807) is 22.7 Å². The third kappa shape index (κ3) is 3.21. The van der Waals surface area contributed by atoms with Crippen LogP contribution >= 0.6 is 23.4 Å². The molecular weight excluding hydrogens is 350 g/mol. The highest BCUT2D eigenvalue weighted by Gasteiger charge is 2.27. The van der Waals surface area contributed by atoms with Crippen molar-refractivity contribution >= 4 is 46.7 Å². The SMILES string of the molecule is O=C(/C=C/c1ccccc1)N1c2ccccc2Sc2ccc(Cl)cc21. The number of carbonyl (C=O) groups is 1. The average molecular weight is 364 g/mol. The van der Waals surface area contributed by atoms with E-state index in [-0.39, 0.29) is 5.91 Å². The monoisotopic (exact) mass is 363 g/mol. The number of fused-ring (bicyclic) bond motifs is 2. The lowest BCUT2D eigenvalue weighted by molar-refractivity contribution is -0.113. The molecule has 0 aromatic heterocycles. The molecule has 3 aromatic carbocycles. The van der Waals surface area contributed by atoms with Crippen LogP contribution in [-0.4, -0.2) is 5.91 Å². The Morgan fingerprint density at radius 2 is 1.60 bits per heavy atom. The van der Waals surface area contributed by atoms with Crippen LogP contribution in [0.3, 0.4) is 0 Å². The van der Waals surface area contributed by atoms with E-state index in [1.165, 1.54) is 0 Å². The van der Waals surface area contributed by atoms with E-state index in [1.807, 2.05) is 78.9 Å². The van der Waals surface area contributed by atoms with E-state index < -0.39 is 0 Å². The van der Waals surface area contributed by atoms with Gasteiger partial charge in [-0.15, -0.1) is 0 Å². The summed E-state index contributed by atoms with van der Waals surface area (Å²) in [4.78, 5) is 16.8. The van der Waals surface area contributed by atoms with Crippen molar-refractivity contribution in [3.05, 3.63) is 89.5 Å². The smallest absolute Gasteiger partial charge is 0.255 e. The van der Waals surface area contributed by atoms with Gasteiger partial charge in [0.1, 0.15) is 0 Å². The molecule has 122 valence electrons. The summed E-state index contributed by atoms with van der Waals surface area (Å²) in [6.07, 6.45) is 3.43. The molecule has 0 aliphatic carbocycles. The van der Waals surface area contributed by atoms with Crippen LogP contribution in [0.2, 0.25) is 5.02 Å². The van der Waals surface area contributed by atoms with Gasteiger partial charge in [-0.1, -0.05) is 65.8 Å². The number of rotatable bonds is 2. The number of nitrogens with zero attached hydrogens (tertiary/aromatic N) is 1. The van der Waals surface area contributed by atoms with Gasteiger partial charge in [0.25, 0.3) is 5.91 Å². The lowest BCUT2D eigenvalue weighted by atomic mass is 10.2. The van der Waals surface area contributed by atoms with Crippen molar-refractivity contribution in [1.29, 1.82) is 0 Å². The lowest BCUT2D eigenvalue weighted by Gasteiger charge is -2.30. The molecule has 0 saturated carbocycles. The fourth-order valence-electron chi connectivity index (χ4n) is 2.77. The maximum absolute atomic E-state index is 13.0. The number of hydrogen-bond acceptors (Lipinski definition) is 2. The molecule has 0 spiro atoms. The molecule has 25 heavy (non-hydrogen) atoms. The molecule has 0 radical (unpaired) electrons. The largest absolute Gasteiger partial charge is 0.275 e. The predicted octanol–water partition coefficient (Wildman–Crippen LogP) is 6.18. The Hall–Kier alpha value is -2.49. The maximum Gasteiger partial charge on any atom is 0.255 e. The lowest BCUT2D eigenvalue weighted by Crippen LogP contribution is -2.26. The molecule has 4 rings (SSSR count). The molecule has 0 N–H and O–H groups in total. The summed E-state index contributed by atoms with van der Waals surface area (Å²) in [7, 11) is 0. The van der Waals surface area contributed by atoms with Gasteiger partial charge in [0.15, 0.2) is 0 Å². The standard InChI is InChI=1S/C21H14ClNOS/c22-16-11-12-20-18(14-16)23(17-8-4-5-9-19(17)25-20)21(24)13-10-15-6-2-1-3-7-15/h1-14H/b13-10+. The zero-order chi connectivity index (χ0) is 17.2. The molecule has 4 heteroatoms. The highest BCUT2D eigenvalue weighted by atomic mass is 35.5. The summed E-state index contributed by atoms with van der Waals surface area (Å²) in [5, 5.41) is 0.614. The van der Waals surface area contributed by atoms with Crippen molar-refractivity contribution in [2.75, 3.05) is 4.90 Å². The number of benzene rings is 3. The van der Waals surface area contributed by atoms with Crippen LogP contribution in [0.4, 0.5) is 11.4 Å². The van der Waals surface area contributed by atoms with Crippen LogP contribution in [0, 0.1) is 0 Å². The van der Waals surface area contributed by atoms with E-state index in [0.29, 0.717) is 5.02 Å². The van der Waals surface area contributed by atoms with Gasteiger partial charge in [-0.25, -0.2) is 0 Å². The first kappa shape index (κ1) is 16.0. The second kappa shape index (κ2) is 6.79. The molecule has 1 amide bonds.